The Balaban J connectivity index is 1.84. The summed E-state index contributed by atoms with van der Waals surface area (Å²) in [4.78, 5) is 17.8. The van der Waals surface area contributed by atoms with E-state index in [1.807, 2.05) is 51.1 Å². The van der Waals surface area contributed by atoms with Crippen molar-refractivity contribution in [1.29, 1.82) is 0 Å². The van der Waals surface area contributed by atoms with Crippen LogP contribution in [-0.2, 0) is 0 Å². The summed E-state index contributed by atoms with van der Waals surface area (Å²) in [5, 5.41) is 0. The summed E-state index contributed by atoms with van der Waals surface area (Å²) in [5.41, 5.74) is 9.91. The van der Waals surface area contributed by atoms with Crippen LogP contribution in [0, 0.1) is 0 Å². The van der Waals surface area contributed by atoms with Gasteiger partial charge in [0.2, 0.25) is 0 Å². The number of anilines is 1. The van der Waals surface area contributed by atoms with Crippen molar-refractivity contribution in [3.63, 3.8) is 0 Å². The van der Waals surface area contributed by atoms with Crippen molar-refractivity contribution in [2.24, 2.45) is 0 Å². The summed E-state index contributed by atoms with van der Waals surface area (Å²) in [6.45, 7) is 7.01. The van der Waals surface area contributed by atoms with Gasteiger partial charge in [0.1, 0.15) is 23.4 Å². The van der Waals surface area contributed by atoms with Gasteiger partial charge >= 0.3 is 0 Å². The molecule has 1 aromatic heterocycles. The zero-order valence-electron chi connectivity index (χ0n) is 18.7. The van der Waals surface area contributed by atoms with Crippen molar-refractivity contribution in [1.82, 2.24) is 4.98 Å². The second-order valence-electron chi connectivity index (χ2n) is 7.76. The lowest BCUT2D eigenvalue weighted by Gasteiger charge is -2.19. The van der Waals surface area contributed by atoms with Crippen molar-refractivity contribution in [3.05, 3.63) is 65.5 Å². The smallest absolute Gasteiger partial charge is 0.196 e. The molecule has 32 heavy (non-hydrogen) atoms. The van der Waals surface area contributed by atoms with E-state index in [-0.39, 0.29) is 11.9 Å². The van der Waals surface area contributed by atoms with Gasteiger partial charge in [-0.05, 0) is 38.0 Å². The number of hydrogen-bond donors (Lipinski definition) is 1. The number of ether oxygens (including phenoxy) is 3. The van der Waals surface area contributed by atoms with Crippen LogP contribution >= 0.6 is 0 Å². The van der Waals surface area contributed by atoms with Crippen molar-refractivity contribution >= 4 is 11.5 Å². The molecule has 0 saturated carbocycles. The van der Waals surface area contributed by atoms with Gasteiger partial charge in [-0.15, -0.1) is 0 Å². The second-order valence-corrected chi connectivity index (χ2v) is 7.76. The molecule has 1 aliphatic rings. The molecule has 6 nitrogen and oxygen atoms in total. The average Bonchev–Trinajstić information content (AvgIpc) is 3.12. The zero-order chi connectivity index (χ0) is 22.7. The van der Waals surface area contributed by atoms with Gasteiger partial charge in [-0.25, -0.2) is 0 Å². The Hall–Kier alpha value is -3.54. The summed E-state index contributed by atoms with van der Waals surface area (Å²) in [6, 6.07) is 13.0. The average molecular weight is 433 g/mol. The molecular weight excluding hydrogens is 404 g/mol. The number of pyridine rings is 1. The van der Waals surface area contributed by atoms with Crippen LogP contribution in [0.3, 0.4) is 0 Å². The van der Waals surface area contributed by atoms with Crippen molar-refractivity contribution < 1.29 is 19.0 Å². The number of carbonyl (C=O) groups is 1. The first kappa shape index (κ1) is 21.7. The highest BCUT2D eigenvalue weighted by molar-refractivity contribution is 6.26. The van der Waals surface area contributed by atoms with Crippen LogP contribution in [0.4, 0.5) is 5.69 Å². The second kappa shape index (κ2) is 9.30. The first-order valence-corrected chi connectivity index (χ1v) is 11.0. The monoisotopic (exact) mass is 432 g/mol. The van der Waals surface area contributed by atoms with E-state index in [1.54, 1.807) is 18.3 Å². The normalized spacial score (nSPS) is 12.8. The number of carbonyl (C=O) groups excluding carboxylic acids is 1. The van der Waals surface area contributed by atoms with E-state index in [4.69, 9.17) is 19.9 Å². The summed E-state index contributed by atoms with van der Waals surface area (Å²) in [7, 11) is 0. The minimum atomic E-state index is -0.300. The molecule has 0 amide bonds. The van der Waals surface area contributed by atoms with Crippen LogP contribution < -0.4 is 19.9 Å². The molecule has 2 N–H and O–H groups in total. The number of hydrogen-bond acceptors (Lipinski definition) is 6. The van der Waals surface area contributed by atoms with Crippen molar-refractivity contribution in [3.8, 4) is 28.4 Å². The lowest BCUT2D eigenvalue weighted by Crippen LogP contribution is -2.07. The summed E-state index contributed by atoms with van der Waals surface area (Å²) < 4.78 is 18.2. The van der Waals surface area contributed by atoms with E-state index in [1.165, 1.54) is 0 Å². The molecule has 0 bridgehead atoms. The van der Waals surface area contributed by atoms with Gasteiger partial charge in [-0.2, -0.15) is 0 Å². The highest BCUT2D eigenvalue weighted by atomic mass is 16.5. The highest BCUT2D eigenvalue weighted by Gasteiger charge is 2.36. The standard InChI is InChI=1S/C26H28N2O4/c1-4-13-30-20-15-21(31-14-5-2)25(27)24-23(20)22-17(26(24)29)9-8-11-19(22)32-16(3)18-10-6-7-12-28-18/h6-12,15-16H,4-5,13-14,27H2,1-3H3. The fraction of sp³-hybridized carbons (Fsp3) is 0.308. The molecule has 3 aromatic rings. The third-order valence-corrected chi connectivity index (χ3v) is 5.37. The predicted molar refractivity (Wildman–Crippen MR) is 125 cm³/mol. The molecule has 166 valence electrons. The maximum atomic E-state index is 13.4. The number of nitrogens with two attached hydrogens (primary N) is 1. The number of nitrogen functional groups attached to an aromatic ring is 1. The molecule has 1 atom stereocenters. The largest absolute Gasteiger partial charge is 0.493 e. The van der Waals surface area contributed by atoms with Gasteiger partial charge in [-0.3, -0.25) is 9.78 Å². The lowest BCUT2D eigenvalue weighted by molar-refractivity contribution is 0.104. The molecule has 1 unspecified atom stereocenters. The molecule has 0 radical (unpaired) electrons. The third kappa shape index (κ3) is 3.88. The SMILES string of the molecule is CCCOc1cc(OCCC)c2c(c1N)C(=O)c1cccc(OC(C)c3ccccn3)c1-2. The number of rotatable bonds is 9. The Labute approximate surface area is 188 Å². The van der Waals surface area contributed by atoms with Gasteiger partial charge in [-0.1, -0.05) is 32.0 Å². The number of aromatic nitrogens is 1. The number of nitrogens with zero attached hydrogens (tertiary/aromatic N) is 1. The summed E-state index contributed by atoms with van der Waals surface area (Å²) in [5.74, 6) is 1.50. The quantitative estimate of drug-likeness (QED) is 0.347. The van der Waals surface area contributed by atoms with Crippen molar-refractivity contribution in [2.75, 3.05) is 18.9 Å². The first-order valence-electron chi connectivity index (χ1n) is 11.0. The molecule has 2 aromatic carbocycles. The van der Waals surface area contributed by atoms with Crippen LogP contribution in [0.5, 0.6) is 17.2 Å². The van der Waals surface area contributed by atoms with E-state index in [0.717, 1.165) is 18.5 Å². The van der Waals surface area contributed by atoms with Gasteiger partial charge in [0.25, 0.3) is 0 Å². The predicted octanol–water partition coefficient (Wildman–Crippen LogP) is 5.59. The van der Waals surface area contributed by atoms with E-state index in [0.29, 0.717) is 58.4 Å². The van der Waals surface area contributed by atoms with E-state index >= 15 is 0 Å². The van der Waals surface area contributed by atoms with E-state index < -0.39 is 0 Å². The van der Waals surface area contributed by atoms with Gasteiger partial charge in [0.15, 0.2) is 5.78 Å². The fourth-order valence-electron chi connectivity index (χ4n) is 3.87. The van der Waals surface area contributed by atoms with Crippen LogP contribution in [0.25, 0.3) is 11.1 Å². The number of ketones is 1. The molecule has 1 heterocycles. The summed E-state index contributed by atoms with van der Waals surface area (Å²) >= 11 is 0. The maximum Gasteiger partial charge on any atom is 0.196 e. The molecule has 4 rings (SSSR count). The highest BCUT2D eigenvalue weighted by Crippen LogP contribution is 2.52. The Morgan fingerprint density at radius 1 is 0.906 bits per heavy atom. The molecule has 1 aliphatic carbocycles. The molecule has 0 saturated heterocycles. The lowest BCUT2D eigenvalue weighted by atomic mass is 10.0. The topological polar surface area (TPSA) is 83.7 Å². The maximum absolute atomic E-state index is 13.4. The van der Waals surface area contributed by atoms with Crippen LogP contribution in [0.15, 0.2) is 48.7 Å². The Bertz CT molecular complexity index is 1130. The third-order valence-electron chi connectivity index (χ3n) is 5.37. The van der Waals surface area contributed by atoms with Gasteiger partial charge < -0.3 is 19.9 Å². The van der Waals surface area contributed by atoms with Gasteiger partial charge in [0, 0.05) is 29.0 Å². The van der Waals surface area contributed by atoms with E-state index in [2.05, 4.69) is 4.98 Å². The first-order chi connectivity index (χ1) is 15.6. The fourth-order valence-corrected chi connectivity index (χ4v) is 3.87. The Kier molecular flexibility index (Phi) is 6.30. The Morgan fingerprint density at radius 2 is 1.66 bits per heavy atom. The minimum absolute atomic E-state index is 0.147. The van der Waals surface area contributed by atoms with Crippen molar-refractivity contribution in [2.45, 2.75) is 39.7 Å². The minimum Gasteiger partial charge on any atom is -0.493 e. The summed E-state index contributed by atoms with van der Waals surface area (Å²) in [6.07, 6.45) is 3.10. The van der Waals surface area contributed by atoms with E-state index in [9.17, 15) is 4.79 Å². The van der Waals surface area contributed by atoms with Crippen LogP contribution in [-0.4, -0.2) is 24.0 Å². The molecule has 0 fully saturated rings. The molecule has 0 aliphatic heterocycles. The van der Waals surface area contributed by atoms with Gasteiger partial charge in [0.05, 0.1) is 30.2 Å². The zero-order valence-corrected chi connectivity index (χ0v) is 18.7. The van der Waals surface area contributed by atoms with Crippen LogP contribution in [0.2, 0.25) is 0 Å². The number of benzene rings is 2. The van der Waals surface area contributed by atoms with Crippen LogP contribution in [0.1, 0.15) is 61.3 Å². The Morgan fingerprint density at radius 3 is 2.34 bits per heavy atom. The number of fused-ring (bicyclic) bond motifs is 3. The molecule has 0 spiro atoms. The molecule has 6 heteroatoms. The molecular formula is C26H28N2O4.